The number of aryl methyl sites for hydroxylation is 1. The Balaban J connectivity index is 1.81. The molecule has 138 valence electrons. The highest BCUT2D eigenvalue weighted by atomic mass is 35.5. The summed E-state index contributed by atoms with van der Waals surface area (Å²) in [7, 11) is 0. The standard InChI is InChI=1S/C19H23ClN4O2/c1-12(2)26-19(9-24(10-19)18(21)25)8-15-5-4-14(6-13(15)3)16-7-17(20)23-11-22-16/h4-7,11-12H,8-10H2,1-3H3,(H2,21,25). The summed E-state index contributed by atoms with van der Waals surface area (Å²) in [6, 6.07) is 7.53. The summed E-state index contributed by atoms with van der Waals surface area (Å²) in [5.74, 6) is 0. The van der Waals surface area contributed by atoms with E-state index in [1.807, 2.05) is 19.9 Å². The minimum Gasteiger partial charge on any atom is -0.368 e. The fourth-order valence-electron chi connectivity index (χ4n) is 3.43. The summed E-state index contributed by atoms with van der Waals surface area (Å²) >= 11 is 5.96. The normalized spacial score (nSPS) is 15.8. The van der Waals surface area contributed by atoms with Crippen molar-refractivity contribution in [3.8, 4) is 11.3 Å². The molecule has 1 saturated heterocycles. The molecule has 26 heavy (non-hydrogen) atoms. The topological polar surface area (TPSA) is 81.3 Å². The number of likely N-dealkylation sites (tertiary alicyclic amines) is 1. The van der Waals surface area contributed by atoms with Crippen LogP contribution < -0.4 is 5.73 Å². The number of ether oxygens (including phenoxy) is 1. The molecule has 6 nitrogen and oxygen atoms in total. The molecule has 1 aromatic heterocycles. The quantitative estimate of drug-likeness (QED) is 0.815. The third kappa shape index (κ3) is 3.97. The number of primary amides is 1. The maximum atomic E-state index is 11.4. The van der Waals surface area contributed by atoms with Gasteiger partial charge in [0.05, 0.1) is 24.9 Å². The van der Waals surface area contributed by atoms with Gasteiger partial charge < -0.3 is 15.4 Å². The molecule has 2 N–H and O–H groups in total. The van der Waals surface area contributed by atoms with Gasteiger partial charge in [-0.15, -0.1) is 0 Å². The van der Waals surface area contributed by atoms with Crippen LogP contribution in [0.2, 0.25) is 5.15 Å². The van der Waals surface area contributed by atoms with Gasteiger partial charge in [0.2, 0.25) is 0 Å². The zero-order valence-electron chi connectivity index (χ0n) is 15.2. The molecule has 0 aliphatic carbocycles. The highest BCUT2D eigenvalue weighted by Crippen LogP contribution is 2.32. The average molecular weight is 375 g/mol. The van der Waals surface area contributed by atoms with Crippen LogP contribution in [0.4, 0.5) is 4.79 Å². The number of rotatable bonds is 5. The van der Waals surface area contributed by atoms with Gasteiger partial charge in [-0.05, 0) is 38.0 Å². The van der Waals surface area contributed by atoms with Crippen LogP contribution in [-0.4, -0.2) is 45.7 Å². The molecule has 2 aromatic rings. The Hall–Kier alpha value is -2.18. The minimum absolute atomic E-state index is 0.0766. The van der Waals surface area contributed by atoms with E-state index < -0.39 is 6.03 Å². The number of carbonyl (C=O) groups is 1. The maximum absolute atomic E-state index is 11.4. The Kier molecular flexibility index (Phi) is 5.16. The number of hydrogen-bond donors (Lipinski definition) is 1. The smallest absolute Gasteiger partial charge is 0.314 e. The molecule has 0 atom stereocenters. The van der Waals surface area contributed by atoms with Crippen LogP contribution >= 0.6 is 11.6 Å². The first-order chi connectivity index (χ1) is 12.3. The van der Waals surface area contributed by atoms with Gasteiger partial charge in [-0.1, -0.05) is 23.7 Å². The second-order valence-corrected chi connectivity index (χ2v) is 7.48. The van der Waals surface area contributed by atoms with Crippen molar-refractivity contribution in [2.24, 2.45) is 5.73 Å². The number of benzene rings is 1. The number of nitrogens with two attached hydrogens (primary N) is 1. The van der Waals surface area contributed by atoms with Gasteiger partial charge in [-0.3, -0.25) is 0 Å². The zero-order chi connectivity index (χ0) is 18.9. The fraction of sp³-hybridized carbons (Fsp3) is 0.421. The molecule has 3 rings (SSSR count). The van der Waals surface area contributed by atoms with E-state index in [9.17, 15) is 4.79 Å². The van der Waals surface area contributed by atoms with E-state index in [4.69, 9.17) is 22.1 Å². The predicted molar refractivity (Wildman–Crippen MR) is 101 cm³/mol. The molecular formula is C19H23ClN4O2. The summed E-state index contributed by atoms with van der Waals surface area (Å²) in [5, 5.41) is 0.419. The van der Waals surface area contributed by atoms with E-state index >= 15 is 0 Å². The molecule has 0 radical (unpaired) electrons. The molecule has 2 amide bonds. The van der Waals surface area contributed by atoms with Crippen LogP contribution in [0.1, 0.15) is 25.0 Å². The fourth-order valence-corrected chi connectivity index (χ4v) is 3.57. The highest BCUT2D eigenvalue weighted by molar-refractivity contribution is 6.29. The van der Waals surface area contributed by atoms with Gasteiger partial charge in [-0.2, -0.15) is 0 Å². The number of aromatic nitrogens is 2. The molecular weight excluding hydrogens is 352 g/mol. The van der Waals surface area contributed by atoms with Crippen molar-refractivity contribution in [2.45, 2.75) is 38.9 Å². The van der Waals surface area contributed by atoms with E-state index in [0.717, 1.165) is 23.2 Å². The number of nitrogens with zero attached hydrogens (tertiary/aromatic N) is 3. The van der Waals surface area contributed by atoms with Crippen molar-refractivity contribution in [2.75, 3.05) is 13.1 Å². The van der Waals surface area contributed by atoms with E-state index in [1.165, 1.54) is 11.9 Å². The summed E-state index contributed by atoms with van der Waals surface area (Å²) in [6.07, 6.45) is 2.26. The molecule has 1 aliphatic rings. The van der Waals surface area contributed by atoms with Gasteiger partial charge in [-0.25, -0.2) is 14.8 Å². The van der Waals surface area contributed by atoms with Crippen molar-refractivity contribution in [3.05, 3.63) is 46.9 Å². The largest absolute Gasteiger partial charge is 0.368 e. The molecule has 0 spiro atoms. The molecule has 2 heterocycles. The SMILES string of the molecule is Cc1cc(-c2cc(Cl)ncn2)ccc1CC1(OC(C)C)CN(C(N)=O)C1. The Morgan fingerprint density at radius 1 is 1.35 bits per heavy atom. The molecule has 1 aliphatic heterocycles. The van der Waals surface area contributed by atoms with Crippen LogP contribution in [0.3, 0.4) is 0 Å². The molecule has 0 unspecified atom stereocenters. The maximum Gasteiger partial charge on any atom is 0.314 e. The van der Waals surface area contributed by atoms with Crippen LogP contribution in [-0.2, 0) is 11.2 Å². The van der Waals surface area contributed by atoms with E-state index in [2.05, 4.69) is 29.0 Å². The van der Waals surface area contributed by atoms with Gasteiger partial charge >= 0.3 is 6.03 Å². The predicted octanol–water partition coefficient (Wildman–Crippen LogP) is 3.21. The van der Waals surface area contributed by atoms with Gasteiger partial charge in [0.15, 0.2) is 0 Å². The van der Waals surface area contributed by atoms with Crippen LogP contribution in [0.15, 0.2) is 30.6 Å². The van der Waals surface area contributed by atoms with E-state index in [-0.39, 0.29) is 11.7 Å². The van der Waals surface area contributed by atoms with Crippen LogP contribution in [0, 0.1) is 6.92 Å². The third-order valence-electron chi connectivity index (χ3n) is 4.54. The molecule has 0 saturated carbocycles. The Labute approximate surface area is 158 Å². The first-order valence-corrected chi connectivity index (χ1v) is 8.95. The average Bonchev–Trinajstić information content (AvgIpc) is 2.53. The highest BCUT2D eigenvalue weighted by Gasteiger charge is 2.46. The van der Waals surface area contributed by atoms with Crippen molar-refractivity contribution in [1.29, 1.82) is 0 Å². The first kappa shape index (κ1) is 18.6. The Bertz CT molecular complexity index is 819. The van der Waals surface area contributed by atoms with E-state index in [1.54, 1.807) is 11.0 Å². The number of urea groups is 1. The van der Waals surface area contributed by atoms with Gasteiger partial charge in [0.1, 0.15) is 17.1 Å². The summed E-state index contributed by atoms with van der Waals surface area (Å²) < 4.78 is 6.16. The number of carbonyl (C=O) groups excluding carboxylic acids is 1. The van der Waals surface area contributed by atoms with Gasteiger partial charge in [0, 0.05) is 18.1 Å². The lowest BCUT2D eigenvalue weighted by molar-refractivity contribution is -0.149. The van der Waals surface area contributed by atoms with Crippen molar-refractivity contribution in [3.63, 3.8) is 0 Å². The van der Waals surface area contributed by atoms with E-state index in [0.29, 0.717) is 18.2 Å². The first-order valence-electron chi connectivity index (χ1n) is 8.58. The number of hydrogen-bond acceptors (Lipinski definition) is 4. The summed E-state index contributed by atoms with van der Waals surface area (Å²) in [5.41, 5.74) is 9.09. The lowest BCUT2D eigenvalue weighted by Gasteiger charge is -2.50. The summed E-state index contributed by atoms with van der Waals surface area (Å²) in [6.45, 7) is 7.11. The number of halogens is 1. The van der Waals surface area contributed by atoms with Crippen molar-refractivity contribution in [1.82, 2.24) is 14.9 Å². The molecule has 1 fully saturated rings. The van der Waals surface area contributed by atoms with Crippen molar-refractivity contribution >= 4 is 17.6 Å². The third-order valence-corrected chi connectivity index (χ3v) is 4.75. The summed E-state index contributed by atoms with van der Waals surface area (Å²) in [4.78, 5) is 21.2. The van der Waals surface area contributed by atoms with Crippen LogP contribution in [0.5, 0.6) is 0 Å². The lowest BCUT2D eigenvalue weighted by Crippen LogP contribution is -2.67. The molecule has 1 aromatic carbocycles. The lowest BCUT2D eigenvalue weighted by atomic mass is 9.84. The van der Waals surface area contributed by atoms with Gasteiger partial charge in [0.25, 0.3) is 0 Å². The zero-order valence-corrected chi connectivity index (χ0v) is 16.0. The Morgan fingerprint density at radius 2 is 2.08 bits per heavy atom. The second kappa shape index (κ2) is 7.21. The molecule has 7 heteroatoms. The second-order valence-electron chi connectivity index (χ2n) is 7.09. The minimum atomic E-state index is -0.402. The van der Waals surface area contributed by atoms with Crippen LogP contribution in [0.25, 0.3) is 11.3 Å². The van der Waals surface area contributed by atoms with Crippen molar-refractivity contribution < 1.29 is 9.53 Å². The molecule has 0 bridgehead atoms. The Morgan fingerprint density at radius 3 is 2.65 bits per heavy atom. The number of amides is 2. The monoisotopic (exact) mass is 374 g/mol.